The molecule has 0 amide bonds. The first kappa shape index (κ1) is 13.4. The maximum atomic E-state index is 11.0. The molecule has 0 aromatic rings. The predicted molar refractivity (Wildman–Crippen MR) is 61.2 cm³/mol. The van der Waals surface area contributed by atoms with Gasteiger partial charge >= 0.3 is 5.97 Å². The molecule has 0 aromatic carbocycles. The molecule has 2 N–H and O–H groups in total. The van der Waals surface area contributed by atoms with E-state index in [2.05, 4.69) is 10.2 Å². The SMILES string of the molecule is CCOC(=O)CNCC(O)CN1CCCC1. The van der Waals surface area contributed by atoms with Gasteiger partial charge in [-0.1, -0.05) is 0 Å². The smallest absolute Gasteiger partial charge is 0.319 e. The van der Waals surface area contributed by atoms with Gasteiger partial charge in [0.15, 0.2) is 0 Å². The number of esters is 1. The van der Waals surface area contributed by atoms with Crippen molar-refractivity contribution in [2.45, 2.75) is 25.9 Å². The maximum absolute atomic E-state index is 11.0. The van der Waals surface area contributed by atoms with Crippen LogP contribution in [-0.4, -0.2) is 61.4 Å². The third kappa shape index (κ3) is 5.44. The van der Waals surface area contributed by atoms with E-state index in [0.717, 1.165) is 13.1 Å². The van der Waals surface area contributed by atoms with E-state index >= 15 is 0 Å². The second-order valence-corrected chi connectivity index (χ2v) is 4.10. The predicted octanol–water partition coefficient (Wildman–Crippen LogP) is -0.404. The lowest BCUT2D eigenvalue weighted by molar-refractivity contribution is -0.142. The Hall–Kier alpha value is -0.650. The zero-order valence-corrected chi connectivity index (χ0v) is 9.95. The van der Waals surface area contributed by atoms with Crippen molar-refractivity contribution in [3.8, 4) is 0 Å². The topological polar surface area (TPSA) is 61.8 Å². The second kappa shape index (κ2) is 7.60. The van der Waals surface area contributed by atoms with E-state index in [-0.39, 0.29) is 12.5 Å². The minimum Gasteiger partial charge on any atom is -0.465 e. The Bertz CT molecular complexity index is 205. The summed E-state index contributed by atoms with van der Waals surface area (Å²) in [5, 5.41) is 12.6. The fraction of sp³-hybridized carbons (Fsp3) is 0.909. The molecule has 1 saturated heterocycles. The first-order chi connectivity index (χ1) is 7.72. The second-order valence-electron chi connectivity index (χ2n) is 4.10. The fourth-order valence-electron chi connectivity index (χ4n) is 1.88. The Morgan fingerprint density at radius 3 is 2.81 bits per heavy atom. The van der Waals surface area contributed by atoms with Crippen LogP contribution < -0.4 is 5.32 Å². The number of aliphatic hydroxyl groups excluding tert-OH is 1. The van der Waals surface area contributed by atoms with Crippen LogP contribution in [-0.2, 0) is 9.53 Å². The van der Waals surface area contributed by atoms with E-state index < -0.39 is 6.10 Å². The normalized spacial score (nSPS) is 18.6. The molecule has 1 rings (SSSR count). The Morgan fingerprint density at radius 2 is 2.19 bits per heavy atom. The summed E-state index contributed by atoms with van der Waals surface area (Å²) in [7, 11) is 0. The highest BCUT2D eigenvalue weighted by Gasteiger charge is 2.15. The molecule has 1 heterocycles. The lowest BCUT2D eigenvalue weighted by Gasteiger charge is -2.19. The molecule has 1 unspecified atom stereocenters. The van der Waals surface area contributed by atoms with Crippen molar-refractivity contribution in [2.75, 3.05) is 39.3 Å². The monoisotopic (exact) mass is 230 g/mol. The summed E-state index contributed by atoms with van der Waals surface area (Å²) >= 11 is 0. The van der Waals surface area contributed by atoms with Crippen LogP contribution in [0.2, 0.25) is 0 Å². The molecule has 0 bridgehead atoms. The molecule has 1 aliphatic rings. The molecule has 1 aliphatic heterocycles. The van der Waals surface area contributed by atoms with Gasteiger partial charge in [0.25, 0.3) is 0 Å². The summed E-state index contributed by atoms with van der Waals surface area (Å²) in [6.45, 7) is 5.64. The van der Waals surface area contributed by atoms with Crippen LogP contribution in [0.4, 0.5) is 0 Å². The Labute approximate surface area is 96.8 Å². The number of likely N-dealkylation sites (tertiary alicyclic amines) is 1. The summed E-state index contributed by atoms with van der Waals surface area (Å²) in [5.41, 5.74) is 0. The largest absolute Gasteiger partial charge is 0.465 e. The minimum atomic E-state index is -0.410. The van der Waals surface area contributed by atoms with Gasteiger partial charge < -0.3 is 20.1 Å². The molecule has 0 saturated carbocycles. The van der Waals surface area contributed by atoms with Crippen LogP contribution in [0, 0.1) is 0 Å². The molecule has 0 spiro atoms. The number of nitrogens with one attached hydrogen (secondary N) is 1. The highest BCUT2D eigenvalue weighted by molar-refractivity contribution is 5.71. The molecule has 1 atom stereocenters. The van der Waals surface area contributed by atoms with Crippen LogP contribution in [0.5, 0.6) is 0 Å². The number of rotatable bonds is 7. The first-order valence-electron chi connectivity index (χ1n) is 5.99. The van der Waals surface area contributed by atoms with Crippen LogP contribution in [0.25, 0.3) is 0 Å². The average Bonchev–Trinajstić information content (AvgIpc) is 2.70. The maximum Gasteiger partial charge on any atom is 0.319 e. The number of nitrogens with zero attached hydrogens (tertiary/aromatic N) is 1. The Kier molecular flexibility index (Phi) is 6.37. The number of hydrogen-bond acceptors (Lipinski definition) is 5. The minimum absolute atomic E-state index is 0.172. The van der Waals surface area contributed by atoms with Gasteiger partial charge in [0.1, 0.15) is 0 Å². The summed E-state index contributed by atoms with van der Waals surface area (Å²) in [6.07, 6.45) is 2.04. The van der Waals surface area contributed by atoms with Gasteiger partial charge in [-0.15, -0.1) is 0 Å². The first-order valence-corrected chi connectivity index (χ1v) is 5.99. The quantitative estimate of drug-likeness (QED) is 0.583. The molecule has 5 heteroatoms. The van der Waals surface area contributed by atoms with Crippen molar-refractivity contribution in [3.63, 3.8) is 0 Å². The highest BCUT2D eigenvalue weighted by Crippen LogP contribution is 2.07. The number of hydrogen-bond donors (Lipinski definition) is 2. The Balaban J connectivity index is 2.01. The van der Waals surface area contributed by atoms with E-state index in [0.29, 0.717) is 19.7 Å². The van der Waals surface area contributed by atoms with E-state index in [9.17, 15) is 9.90 Å². The standard InChI is InChI=1S/C11H22N2O3/c1-2-16-11(15)8-12-7-10(14)9-13-5-3-4-6-13/h10,12,14H,2-9H2,1H3. The van der Waals surface area contributed by atoms with E-state index in [1.165, 1.54) is 12.8 Å². The summed E-state index contributed by atoms with van der Waals surface area (Å²) in [5.74, 6) is -0.268. The van der Waals surface area contributed by atoms with Crippen molar-refractivity contribution >= 4 is 5.97 Å². The van der Waals surface area contributed by atoms with Gasteiger partial charge in [-0.3, -0.25) is 4.79 Å². The zero-order chi connectivity index (χ0) is 11.8. The molecule has 5 nitrogen and oxygen atoms in total. The molecule has 1 fully saturated rings. The van der Waals surface area contributed by atoms with E-state index in [1.54, 1.807) is 6.92 Å². The van der Waals surface area contributed by atoms with Crippen molar-refractivity contribution in [1.29, 1.82) is 0 Å². The number of ether oxygens (including phenoxy) is 1. The van der Waals surface area contributed by atoms with Gasteiger partial charge in [0.05, 0.1) is 19.3 Å². The van der Waals surface area contributed by atoms with Crippen molar-refractivity contribution < 1.29 is 14.6 Å². The molecular formula is C11H22N2O3. The van der Waals surface area contributed by atoms with Crippen LogP contribution in [0.15, 0.2) is 0 Å². The lowest BCUT2D eigenvalue weighted by Crippen LogP contribution is -2.38. The molecule has 0 aliphatic carbocycles. The number of carbonyl (C=O) groups excluding carboxylic acids is 1. The fourth-order valence-corrected chi connectivity index (χ4v) is 1.88. The Morgan fingerprint density at radius 1 is 1.50 bits per heavy atom. The molecule has 0 aromatic heterocycles. The van der Waals surface area contributed by atoms with E-state index in [1.807, 2.05) is 0 Å². The summed E-state index contributed by atoms with van der Waals surface area (Å²) in [6, 6.07) is 0. The molecule has 0 radical (unpaired) electrons. The third-order valence-electron chi connectivity index (χ3n) is 2.62. The number of aliphatic hydroxyl groups is 1. The van der Waals surface area contributed by atoms with Gasteiger partial charge in [0, 0.05) is 13.1 Å². The van der Waals surface area contributed by atoms with Gasteiger partial charge in [-0.25, -0.2) is 0 Å². The third-order valence-corrected chi connectivity index (χ3v) is 2.62. The van der Waals surface area contributed by atoms with Crippen LogP contribution in [0.1, 0.15) is 19.8 Å². The summed E-state index contributed by atoms with van der Waals surface area (Å²) < 4.78 is 4.76. The highest BCUT2D eigenvalue weighted by atomic mass is 16.5. The van der Waals surface area contributed by atoms with Gasteiger partial charge in [-0.2, -0.15) is 0 Å². The summed E-state index contributed by atoms with van der Waals surface area (Å²) in [4.78, 5) is 13.2. The zero-order valence-electron chi connectivity index (χ0n) is 9.95. The molecular weight excluding hydrogens is 208 g/mol. The average molecular weight is 230 g/mol. The lowest BCUT2D eigenvalue weighted by atomic mass is 10.3. The van der Waals surface area contributed by atoms with Gasteiger partial charge in [0.2, 0.25) is 0 Å². The van der Waals surface area contributed by atoms with Crippen molar-refractivity contribution in [2.24, 2.45) is 0 Å². The van der Waals surface area contributed by atoms with Crippen molar-refractivity contribution in [1.82, 2.24) is 10.2 Å². The molecule has 94 valence electrons. The van der Waals surface area contributed by atoms with E-state index in [4.69, 9.17) is 4.74 Å². The van der Waals surface area contributed by atoms with Gasteiger partial charge in [-0.05, 0) is 32.9 Å². The number of β-amino-alcohol motifs (C(OH)–C–C–N with tert-alkyl or cyclic N) is 1. The van der Waals surface area contributed by atoms with Crippen molar-refractivity contribution in [3.05, 3.63) is 0 Å². The molecule has 16 heavy (non-hydrogen) atoms. The van der Waals surface area contributed by atoms with Crippen LogP contribution in [0.3, 0.4) is 0 Å². The van der Waals surface area contributed by atoms with Crippen LogP contribution >= 0.6 is 0 Å². The number of carbonyl (C=O) groups is 1.